The Morgan fingerprint density at radius 1 is 0.750 bits per heavy atom. The van der Waals surface area contributed by atoms with E-state index < -0.39 is 5.41 Å². The smallest absolute Gasteiger partial charge is 0.169 e. The van der Waals surface area contributed by atoms with Gasteiger partial charge in [0.05, 0.1) is 33.4 Å². The van der Waals surface area contributed by atoms with E-state index in [1.54, 1.807) is 51.7 Å². The molecule has 36 heavy (non-hydrogen) atoms. The number of hydrogen-bond acceptors (Lipinski definition) is 6. The highest BCUT2D eigenvalue weighted by Crippen LogP contribution is 2.39. The number of ether oxygens (including phenoxy) is 4. The monoisotopic (exact) mass is 492 g/mol. The molecule has 0 aliphatic heterocycles. The molecule has 1 aliphatic carbocycles. The fraction of sp³-hybridized carbons (Fsp3) is 0.400. The Morgan fingerprint density at radius 3 is 1.75 bits per heavy atom. The molecule has 1 saturated carbocycles. The molecule has 0 aromatic heterocycles. The van der Waals surface area contributed by atoms with Crippen LogP contribution in [0.15, 0.2) is 48.6 Å². The maximum atomic E-state index is 13.5. The first-order valence-corrected chi connectivity index (χ1v) is 12.4. The molecule has 0 radical (unpaired) electrons. The number of hydrogen-bond donors (Lipinski definition) is 0. The van der Waals surface area contributed by atoms with Crippen molar-refractivity contribution in [2.45, 2.75) is 45.4 Å². The lowest BCUT2D eigenvalue weighted by molar-refractivity contribution is -0.137. The molecule has 6 heteroatoms. The summed E-state index contributed by atoms with van der Waals surface area (Å²) >= 11 is 0. The fourth-order valence-corrected chi connectivity index (χ4v) is 4.51. The Morgan fingerprint density at radius 2 is 1.25 bits per heavy atom. The second-order valence-electron chi connectivity index (χ2n) is 8.91. The maximum absolute atomic E-state index is 13.5. The molecule has 6 nitrogen and oxygen atoms in total. The van der Waals surface area contributed by atoms with Crippen molar-refractivity contribution in [3.63, 3.8) is 0 Å². The normalized spacial score (nSPS) is 15.1. The topological polar surface area (TPSA) is 71.1 Å². The van der Waals surface area contributed by atoms with Crippen LogP contribution in [0.4, 0.5) is 0 Å². The lowest BCUT2D eigenvalue weighted by Gasteiger charge is -2.32. The average Bonchev–Trinajstić information content (AvgIpc) is 2.93. The van der Waals surface area contributed by atoms with E-state index in [4.69, 9.17) is 18.9 Å². The van der Waals surface area contributed by atoms with Gasteiger partial charge >= 0.3 is 0 Å². The summed E-state index contributed by atoms with van der Waals surface area (Å²) in [5.74, 6) is 2.16. The van der Waals surface area contributed by atoms with Gasteiger partial charge in [-0.05, 0) is 66.8 Å². The minimum atomic E-state index is -1.03. The van der Waals surface area contributed by atoms with E-state index in [1.165, 1.54) is 6.08 Å². The Bertz CT molecular complexity index is 1110. The molecular formula is C30H36O6. The van der Waals surface area contributed by atoms with Gasteiger partial charge in [0, 0.05) is 0 Å². The van der Waals surface area contributed by atoms with E-state index in [0.29, 0.717) is 42.4 Å². The van der Waals surface area contributed by atoms with Crippen LogP contribution in [0.25, 0.3) is 12.2 Å². The number of ketones is 2. The van der Waals surface area contributed by atoms with Crippen molar-refractivity contribution in [2.24, 2.45) is 5.41 Å². The van der Waals surface area contributed by atoms with Crippen molar-refractivity contribution in [1.29, 1.82) is 0 Å². The van der Waals surface area contributed by atoms with Crippen LogP contribution in [0, 0.1) is 5.41 Å². The third kappa shape index (κ3) is 6.36. The number of carbonyl (C=O) groups excluding carboxylic acids is 2. The number of benzene rings is 2. The predicted molar refractivity (Wildman–Crippen MR) is 142 cm³/mol. The quantitative estimate of drug-likeness (QED) is 0.255. The minimum absolute atomic E-state index is 0.156. The SMILES string of the molecule is CCCOc1cc(/C=C/C(=O)C2(C(=O)/C=C/c3ccc(OC)c(OC)c3)CCCCC2)ccc1OC. The van der Waals surface area contributed by atoms with Crippen LogP contribution in [0.1, 0.15) is 56.6 Å². The maximum Gasteiger partial charge on any atom is 0.169 e. The van der Waals surface area contributed by atoms with Gasteiger partial charge < -0.3 is 18.9 Å². The van der Waals surface area contributed by atoms with E-state index in [1.807, 2.05) is 31.2 Å². The number of carbonyl (C=O) groups is 2. The lowest BCUT2D eigenvalue weighted by Crippen LogP contribution is -2.39. The summed E-state index contributed by atoms with van der Waals surface area (Å²) in [7, 11) is 4.75. The van der Waals surface area contributed by atoms with Gasteiger partial charge in [-0.15, -0.1) is 0 Å². The van der Waals surface area contributed by atoms with Crippen molar-refractivity contribution >= 4 is 23.7 Å². The average molecular weight is 493 g/mol. The van der Waals surface area contributed by atoms with Gasteiger partial charge in [0.25, 0.3) is 0 Å². The van der Waals surface area contributed by atoms with Gasteiger partial charge in [-0.1, -0.05) is 50.5 Å². The third-order valence-corrected chi connectivity index (χ3v) is 6.56. The summed E-state index contributed by atoms with van der Waals surface area (Å²) in [6, 6.07) is 11.0. The molecule has 3 rings (SSSR count). The van der Waals surface area contributed by atoms with Crippen LogP contribution < -0.4 is 18.9 Å². The summed E-state index contributed by atoms with van der Waals surface area (Å²) in [5, 5.41) is 0. The van der Waals surface area contributed by atoms with Crippen LogP contribution >= 0.6 is 0 Å². The lowest BCUT2D eigenvalue weighted by atomic mass is 9.68. The van der Waals surface area contributed by atoms with Gasteiger partial charge in [0.2, 0.25) is 0 Å². The summed E-state index contributed by atoms with van der Waals surface area (Å²) < 4.78 is 21.8. The van der Waals surface area contributed by atoms with Crippen LogP contribution in [0.3, 0.4) is 0 Å². The summed E-state index contributed by atoms with van der Waals surface area (Å²) in [6.07, 6.45) is 11.3. The first kappa shape index (κ1) is 27.1. The molecule has 2 aromatic rings. The number of allylic oxidation sites excluding steroid dienone is 2. The zero-order valence-electron chi connectivity index (χ0n) is 21.7. The van der Waals surface area contributed by atoms with E-state index in [2.05, 4.69) is 0 Å². The van der Waals surface area contributed by atoms with E-state index in [9.17, 15) is 9.59 Å². The molecule has 1 aliphatic rings. The second kappa shape index (κ2) is 13.0. The first-order chi connectivity index (χ1) is 17.5. The Kier molecular flexibility index (Phi) is 9.74. The molecule has 0 unspecified atom stereocenters. The van der Waals surface area contributed by atoms with Gasteiger partial charge in [0.15, 0.2) is 34.6 Å². The predicted octanol–water partition coefficient (Wildman–Crippen LogP) is 6.32. The largest absolute Gasteiger partial charge is 0.493 e. The van der Waals surface area contributed by atoms with Crippen molar-refractivity contribution in [2.75, 3.05) is 27.9 Å². The molecule has 0 bridgehead atoms. The molecular weight excluding hydrogens is 456 g/mol. The van der Waals surface area contributed by atoms with E-state index in [0.717, 1.165) is 36.8 Å². The zero-order valence-corrected chi connectivity index (χ0v) is 21.7. The summed E-state index contributed by atoms with van der Waals surface area (Å²) in [6.45, 7) is 2.61. The summed E-state index contributed by atoms with van der Waals surface area (Å²) in [5.41, 5.74) is 0.581. The van der Waals surface area contributed by atoms with Crippen molar-refractivity contribution in [3.05, 3.63) is 59.7 Å². The molecule has 0 saturated heterocycles. The standard InChI is InChI=1S/C30H36O6/c1-5-19-36-27-21-23(10-14-25(27)34-3)12-16-29(32)30(17-7-6-8-18-30)28(31)15-11-22-9-13-24(33-2)26(20-22)35-4/h9-16,20-21H,5-8,17-19H2,1-4H3/b15-11+,16-12+. The van der Waals surface area contributed by atoms with Crippen molar-refractivity contribution in [3.8, 4) is 23.0 Å². The summed E-state index contributed by atoms with van der Waals surface area (Å²) in [4.78, 5) is 26.9. The van der Waals surface area contributed by atoms with Crippen LogP contribution in [-0.4, -0.2) is 39.5 Å². The van der Waals surface area contributed by atoms with Crippen LogP contribution in [-0.2, 0) is 9.59 Å². The second-order valence-corrected chi connectivity index (χ2v) is 8.91. The molecule has 2 aromatic carbocycles. The highest BCUT2D eigenvalue weighted by atomic mass is 16.5. The molecule has 0 heterocycles. The van der Waals surface area contributed by atoms with E-state index >= 15 is 0 Å². The molecule has 0 spiro atoms. The van der Waals surface area contributed by atoms with Crippen molar-refractivity contribution < 1.29 is 28.5 Å². The van der Waals surface area contributed by atoms with Gasteiger partial charge in [-0.25, -0.2) is 0 Å². The Balaban J connectivity index is 1.82. The van der Waals surface area contributed by atoms with Gasteiger partial charge in [-0.3, -0.25) is 9.59 Å². The number of rotatable bonds is 12. The van der Waals surface area contributed by atoms with E-state index in [-0.39, 0.29) is 11.6 Å². The molecule has 1 fully saturated rings. The molecule has 0 amide bonds. The molecule has 0 atom stereocenters. The van der Waals surface area contributed by atoms with Crippen LogP contribution in [0.5, 0.6) is 23.0 Å². The Hall–Kier alpha value is -3.54. The third-order valence-electron chi connectivity index (χ3n) is 6.56. The molecule has 192 valence electrons. The highest BCUT2D eigenvalue weighted by molar-refractivity contribution is 6.17. The minimum Gasteiger partial charge on any atom is -0.493 e. The van der Waals surface area contributed by atoms with Crippen LogP contribution in [0.2, 0.25) is 0 Å². The Labute approximate surface area is 213 Å². The van der Waals surface area contributed by atoms with Gasteiger partial charge in [0.1, 0.15) is 0 Å². The van der Waals surface area contributed by atoms with Crippen molar-refractivity contribution in [1.82, 2.24) is 0 Å². The molecule has 0 N–H and O–H groups in total. The van der Waals surface area contributed by atoms with Gasteiger partial charge in [-0.2, -0.15) is 0 Å². The number of methoxy groups -OCH3 is 3. The fourth-order valence-electron chi connectivity index (χ4n) is 4.51. The first-order valence-electron chi connectivity index (χ1n) is 12.4. The highest BCUT2D eigenvalue weighted by Gasteiger charge is 2.43. The zero-order chi connectivity index (χ0) is 26.0.